The van der Waals surface area contributed by atoms with Crippen LogP contribution in [0.3, 0.4) is 0 Å². The largest absolute Gasteiger partial charge is 0.494 e. The number of anilines is 1. The fourth-order valence-corrected chi connectivity index (χ4v) is 2.41. The quantitative estimate of drug-likeness (QED) is 0.878. The SMILES string of the molecule is CCC1(C(=O)Nc2ccc(OC)c(F)c2)CCNC1. The van der Waals surface area contributed by atoms with E-state index in [-0.39, 0.29) is 17.1 Å². The standard InChI is InChI=1S/C14H19FN2O2/c1-3-14(6-7-16-9-14)13(18)17-10-4-5-12(19-2)11(15)8-10/h4-5,8,16H,3,6-7,9H2,1-2H3,(H,17,18). The molecule has 0 spiro atoms. The van der Waals surface area contributed by atoms with Gasteiger partial charge in [-0.25, -0.2) is 4.39 Å². The fraction of sp³-hybridized carbons (Fsp3) is 0.500. The summed E-state index contributed by atoms with van der Waals surface area (Å²) in [6.07, 6.45) is 1.58. The summed E-state index contributed by atoms with van der Waals surface area (Å²) in [6, 6.07) is 4.44. The fourth-order valence-electron chi connectivity index (χ4n) is 2.41. The van der Waals surface area contributed by atoms with E-state index >= 15 is 0 Å². The first-order valence-electron chi connectivity index (χ1n) is 6.47. The highest BCUT2D eigenvalue weighted by Gasteiger charge is 2.39. The predicted molar refractivity (Wildman–Crippen MR) is 71.8 cm³/mol. The molecule has 5 heteroatoms. The lowest BCUT2D eigenvalue weighted by Gasteiger charge is -2.25. The molecule has 1 amide bonds. The lowest BCUT2D eigenvalue weighted by Crippen LogP contribution is -2.37. The van der Waals surface area contributed by atoms with Crippen molar-refractivity contribution in [1.29, 1.82) is 0 Å². The second-order valence-electron chi connectivity index (χ2n) is 4.86. The van der Waals surface area contributed by atoms with Crippen LogP contribution in [0.5, 0.6) is 5.75 Å². The minimum atomic E-state index is -0.476. The monoisotopic (exact) mass is 266 g/mol. The highest BCUT2D eigenvalue weighted by molar-refractivity contribution is 5.95. The van der Waals surface area contributed by atoms with E-state index in [0.29, 0.717) is 12.2 Å². The molecule has 1 aromatic rings. The van der Waals surface area contributed by atoms with Crippen LogP contribution in [0, 0.1) is 11.2 Å². The number of amides is 1. The normalized spacial score (nSPS) is 22.3. The van der Waals surface area contributed by atoms with Crippen molar-refractivity contribution in [2.75, 3.05) is 25.5 Å². The molecule has 1 aromatic carbocycles. The van der Waals surface area contributed by atoms with Gasteiger partial charge in [0.2, 0.25) is 5.91 Å². The second kappa shape index (κ2) is 5.57. The average Bonchev–Trinajstić information content (AvgIpc) is 2.89. The summed E-state index contributed by atoms with van der Waals surface area (Å²) in [5, 5.41) is 6.00. The summed E-state index contributed by atoms with van der Waals surface area (Å²) in [6.45, 7) is 3.52. The molecule has 1 unspecified atom stereocenters. The van der Waals surface area contributed by atoms with E-state index in [9.17, 15) is 9.18 Å². The summed E-state index contributed by atoms with van der Waals surface area (Å²) in [7, 11) is 1.41. The molecule has 0 radical (unpaired) electrons. The van der Waals surface area contributed by atoms with Crippen LogP contribution in [0.15, 0.2) is 18.2 Å². The van der Waals surface area contributed by atoms with Crippen molar-refractivity contribution in [2.45, 2.75) is 19.8 Å². The number of nitrogens with one attached hydrogen (secondary N) is 2. The van der Waals surface area contributed by atoms with Crippen molar-refractivity contribution in [3.8, 4) is 5.75 Å². The maximum Gasteiger partial charge on any atom is 0.231 e. The van der Waals surface area contributed by atoms with Crippen molar-refractivity contribution >= 4 is 11.6 Å². The van der Waals surface area contributed by atoms with E-state index in [4.69, 9.17) is 4.74 Å². The first-order chi connectivity index (χ1) is 9.11. The van der Waals surface area contributed by atoms with E-state index in [1.54, 1.807) is 6.07 Å². The summed E-state index contributed by atoms with van der Waals surface area (Å²) in [5.41, 5.74) is 0.0826. The van der Waals surface area contributed by atoms with Crippen molar-refractivity contribution in [2.24, 2.45) is 5.41 Å². The number of hydrogen-bond donors (Lipinski definition) is 2. The first-order valence-corrected chi connectivity index (χ1v) is 6.47. The van der Waals surface area contributed by atoms with Crippen LogP contribution >= 0.6 is 0 Å². The van der Waals surface area contributed by atoms with Crippen molar-refractivity contribution in [3.05, 3.63) is 24.0 Å². The predicted octanol–water partition coefficient (Wildman–Crippen LogP) is 2.16. The number of ether oxygens (including phenoxy) is 1. The highest BCUT2D eigenvalue weighted by Crippen LogP contribution is 2.31. The van der Waals surface area contributed by atoms with Gasteiger partial charge in [0.25, 0.3) is 0 Å². The van der Waals surface area contributed by atoms with Crippen LogP contribution in [0.4, 0.5) is 10.1 Å². The smallest absolute Gasteiger partial charge is 0.231 e. The Bertz CT molecular complexity index is 471. The van der Waals surface area contributed by atoms with Gasteiger partial charge in [0, 0.05) is 18.3 Å². The van der Waals surface area contributed by atoms with Gasteiger partial charge in [-0.3, -0.25) is 4.79 Å². The maximum absolute atomic E-state index is 13.6. The van der Waals surface area contributed by atoms with E-state index < -0.39 is 5.82 Å². The van der Waals surface area contributed by atoms with Crippen LogP contribution in [0.2, 0.25) is 0 Å². The highest BCUT2D eigenvalue weighted by atomic mass is 19.1. The Hall–Kier alpha value is -1.62. The van der Waals surface area contributed by atoms with Gasteiger partial charge in [-0.2, -0.15) is 0 Å². The van der Waals surface area contributed by atoms with Gasteiger partial charge in [-0.05, 0) is 31.5 Å². The van der Waals surface area contributed by atoms with Crippen molar-refractivity contribution < 1.29 is 13.9 Å². The summed E-state index contributed by atoms with van der Waals surface area (Å²) >= 11 is 0. The maximum atomic E-state index is 13.6. The van der Waals surface area contributed by atoms with Gasteiger partial charge in [0.15, 0.2) is 11.6 Å². The van der Waals surface area contributed by atoms with E-state index in [2.05, 4.69) is 10.6 Å². The lowest BCUT2D eigenvalue weighted by molar-refractivity contribution is -0.124. The number of hydrogen-bond acceptors (Lipinski definition) is 3. The topological polar surface area (TPSA) is 50.4 Å². The van der Waals surface area contributed by atoms with E-state index in [1.807, 2.05) is 6.92 Å². The van der Waals surface area contributed by atoms with Crippen LogP contribution in [0.25, 0.3) is 0 Å². The molecule has 1 fully saturated rings. The molecule has 0 aliphatic carbocycles. The van der Waals surface area contributed by atoms with Gasteiger partial charge in [-0.15, -0.1) is 0 Å². The third-order valence-electron chi connectivity index (χ3n) is 3.81. The molecular weight excluding hydrogens is 247 g/mol. The molecular formula is C14H19FN2O2. The Kier molecular flexibility index (Phi) is 4.04. The number of carbonyl (C=O) groups excluding carboxylic acids is 1. The van der Waals surface area contributed by atoms with Crippen molar-refractivity contribution in [1.82, 2.24) is 5.32 Å². The lowest BCUT2D eigenvalue weighted by atomic mass is 9.83. The molecule has 1 atom stereocenters. The molecule has 1 aliphatic heterocycles. The molecule has 2 rings (SSSR count). The van der Waals surface area contributed by atoms with E-state index in [1.165, 1.54) is 19.2 Å². The van der Waals surface area contributed by atoms with Gasteiger partial charge in [-0.1, -0.05) is 6.92 Å². The minimum absolute atomic E-state index is 0.0513. The van der Waals surface area contributed by atoms with Gasteiger partial charge < -0.3 is 15.4 Å². The molecule has 2 N–H and O–H groups in total. The number of benzene rings is 1. The molecule has 1 heterocycles. The number of carbonyl (C=O) groups is 1. The van der Waals surface area contributed by atoms with Crippen LogP contribution in [0.1, 0.15) is 19.8 Å². The van der Waals surface area contributed by atoms with Crippen molar-refractivity contribution in [3.63, 3.8) is 0 Å². The van der Waals surface area contributed by atoms with Crippen LogP contribution in [-0.2, 0) is 4.79 Å². The zero-order chi connectivity index (χ0) is 13.9. The van der Waals surface area contributed by atoms with Crippen LogP contribution in [-0.4, -0.2) is 26.1 Å². The zero-order valence-electron chi connectivity index (χ0n) is 11.3. The summed E-state index contributed by atoms with van der Waals surface area (Å²) in [5.74, 6) is -0.356. The average molecular weight is 266 g/mol. The Morgan fingerprint density at radius 1 is 1.58 bits per heavy atom. The Morgan fingerprint density at radius 3 is 2.89 bits per heavy atom. The summed E-state index contributed by atoms with van der Waals surface area (Å²) < 4.78 is 18.4. The summed E-state index contributed by atoms with van der Waals surface area (Å²) in [4.78, 5) is 12.3. The number of methoxy groups -OCH3 is 1. The number of halogens is 1. The molecule has 0 saturated carbocycles. The zero-order valence-corrected chi connectivity index (χ0v) is 11.3. The Labute approximate surface area is 112 Å². The molecule has 104 valence electrons. The third kappa shape index (κ3) is 2.71. The molecule has 1 aliphatic rings. The minimum Gasteiger partial charge on any atom is -0.494 e. The van der Waals surface area contributed by atoms with Gasteiger partial charge >= 0.3 is 0 Å². The Balaban J connectivity index is 2.12. The second-order valence-corrected chi connectivity index (χ2v) is 4.86. The van der Waals surface area contributed by atoms with E-state index in [0.717, 1.165) is 19.4 Å². The molecule has 0 bridgehead atoms. The Morgan fingerprint density at radius 2 is 2.37 bits per heavy atom. The first kappa shape index (κ1) is 13.8. The molecule has 4 nitrogen and oxygen atoms in total. The molecule has 19 heavy (non-hydrogen) atoms. The molecule has 0 aromatic heterocycles. The van der Waals surface area contributed by atoms with Crippen LogP contribution < -0.4 is 15.4 Å². The van der Waals surface area contributed by atoms with Gasteiger partial charge in [0.05, 0.1) is 12.5 Å². The number of rotatable bonds is 4. The molecule has 1 saturated heterocycles. The third-order valence-corrected chi connectivity index (χ3v) is 3.81. The van der Waals surface area contributed by atoms with Gasteiger partial charge in [0.1, 0.15) is 0 Å².